The quantitative estimate of drug-likeness (QED) is 0.687. The van der Waals surface area contributed by atoms with E-state index in [1.807, 2.05) is 36.2 Å². The summed E-state index contributed by atoms with van der Waals surface area (Å²) in [6.45, 7) is 3.82. The first kappa shape index (κ1) is 20.2. The first-order valence-electron chi connectivity index (χ1n) is 9.90. The minimum atomic E-state index is -0.165. The summed E-state index contributed by atoms with van der Waals surface area (Å²) in [5.41, 5.74) is 2.02. The Kier molecular flexibility index (Phi) is 7.31. The molecular weight excluding hydrogens is 353 g/mol. The number of nitrogens with zero attached hydrogens (tertiary/aromatic N) is 3. The maximum Gasteiger partial charge on any atom is 0.246 e. The van der Waals surface area contributed by atoms with Gasteiger partial charge >= 0.3 is 0 Å². The number of rotatable bonds is 7. The van der Waals surface area contributed by atoms with Crippen molar-refractivity contribution in [1.82, 2.24) is 14.8 Å². The zero-order chi connectivity index (χ0) is 19.8. The Morgan fingerprint density at radius 2 is 2.00 bits per heavy atom. The Labute approximate surface area is 166 Å². The van der Waals surface area contributed by atoms with Gasteiger partial charge in [-0.05, 0) is 79.7 Å². The van der Waals surface area contributed by atoms with Gasteiger partial charge in [-0.25, -0.2) is 4.39 Å². The Bertz CT molecular complexity index is 785. The largest absolute Gasteiger partial charge is 0.342 e. The van der Waals surface area contributed by atoms with Crippen LogP contribution >= 0.6 is 0 Å². The van der Waals surface area contributed by atoms with E-state index in [0.717, 1.165) is 56.6 Å². The van der Waals surface area contributed by atoms with Gasteiger partial charge in [-0.2, -0.15) is 0 Å². The number of likely N-dealkylation sites (tertiary alicyclic amines) is 1. The van der Waals surface area contributed by atoms with E-state index in [0.29, 0.717) is 5.92 Å². The van der Waals surface area contributed by atoms with E-state index in [4.69, 9.17) is 0 Å². The molecule has 4 nitrogen and oxygen atoms in total. The molecule has 0 aliphatic carbocycles. The lowest BCUT2D eigenvalue weighted by atomic mass is 9.96. The molecule has 2 aromatic rings. The van der Waals surface area contributed by atoms with Gasteiger partial charge in [-0.1, -0.05) is 12.1 Å². The fraction of sp³-hybridized carbons (Fsp3) is 0.391. The van der Waals surface area contributed by atoms with Crippen molar-refractivity contribution in [2.45, 2.75) is 19.3 Å². The second kappa shape index (κ2) is 10.1. The van der Waals surface area contributed by atoms with Gasteiger partial charge in [0.25, 0.3) is 0 Å². The minimum absolute atomic E-state index is 0.0327. The fourth-order valence-corrected chi connectivity index (χ4v) is 3.62. The van der Waals surface area contributed by atoms with Gasteiger partial charge in [-0.15, -0.1) is 0 Å². The van der Waals surface area contributed by atoms with Gasteiger partial charge in [-0.3, -0.25) is 9.78 Å². The average molecular weight is 381 g/mol. The molecule has 1 aromatic carbocycles. The molecule has 3 rings (SSSR count). The van der Waals surface area contributed by atoms with Crippen LogP contribution < -0.4 is 0 Å². The highest BCUT2D eigenvalue weighted by Gasteiger charge is 2.21. The Morgan fingerprint density at radius 1 is 1.25 bits per heavy atom. The van der Waals surface area contributed by atoms with Crippen LogP contribution in [0.4, 0.5) is 4.39 Å². The summed E-state index contributed by atoms with van der Waals surface area (Å²) < 4.78 is 13.3. The number of aromatic nitrogens is 1. The molecule has 0 unspecified atom stereocenters. The molecule has 28 heavy (non-hydrogen) atoms. The van der Waals surface area contributed by atoms with Gasteiger partial charge in [0.2, 0.25) is 5.91 Å². The standard InChI is InChI=1S/C23H28FN3O/c1-26(23(28)6-5-19-7-12-25-13-8-19)18-21-10-15-27(16-11-21)14-9-20-3-2-4-22(24)17-20/h2-8,12-13,17,21H,9-11,14-16,18H2,1H3/b6-5+. The molecule has 0 saturated carbocycles. The number of halogens is 1. The Hall–Kier alpha value is -2.53. The van der Waals surface area contributed by atoms with E-state index in [9.17, 15) is 9.18 Å². The number of piperidine rings is 1. The van der Waals surface area contributed by atoms with Gasteiger partial charge in [0.15, 0.2) is 0 Å². The topological polar surface area (TPSA) is 36.4 Å². The molecule has 1 fully saturated rings. The molecule has 1 aliphatic rings. The number of amides is 1. The molecule has 0 bridgehead atoms. The molecule has 0 spiro atoms. The molecular formula is C23H28FN3O. The maximum atomic E-state index is 13.3. The highest BCUT2D eigenvalue weighted by atomic mass is 19.1. The number of hydrogen-bond donors (Lipinski definition) is 0. The third-order valence-corrected chi connectivity index (χ3v) is 5.35. The summed E-state index contributed by atoms with van der Waals surface area (Å²) in [7, 11) is 1.87. The van der Waals surface area contributed by atoms with Crippen LogP contribution in [0.2, 0.25) is 0 Å². The number of carbonyl (C=O) groups is 1. The van der Waals surface area contributed by atoms with E-state index in [1.54, 1.807) is 30.6 Å². The minimum Gasteiger partial charge on any atom is -0.342 e. The lowest BCUT2D eigenvalue weighted by molar-refractivity contribution is -0.125. The molecule has 1 saturated heterocycles. The van der Waals surface area contributed by atoms with E-state index in [1.165, 1.54) is 6.07 Å². The summed E-state index contributed by atoms with van der Waals surface area (Å²) >= 11 is 0. The molecule has 0 N–H and O–H groups in total. The van der Waals surface area contributed by atoms with Crippen LogP contribution in [0.25, 0.3) is 6.08 Å². The molecule has 2 heterocycles. The second-order valence-electron chi connectivity index (χ2n) is 7.50. The predicted octanol–water partition coefficient (Wildman–Crippen LogP) is 3.65. The Balaban J connectivity index is 1.38. The fourth-order valence-electron chi connectivity index (χ4n) is 3.62. The van der Waals surface area contributed by atoms with Gasteiger partial charge < -0.3 is 9.80 Å². The third kappa shape index (κ3) is 6.27. The van der Waals surface area contributed by atoms with Crippen LogP contribution in [0.3, 0.4) is 0 Å². The first-order chi connectivity index (χ1) is 13.6. The highest BCUT2D eigenvalue weighted by molar-refractivity contribution is 5.91. The van der Waals surface area contributed by atoms with Crippen molar-refractivity contribution in [3.05, 3.63) is 71.8 Å². The van der Waals surface area contributed by atoms with Crippen molar-refractivity contribution in [3.8, 4) is 0 Å². The van der Waals surface area contributed by atoms with Gasteiger partial charge in [0.1, 0.15) is 5.82 Å². The molecule has 148 valence electrons. The van der Waals surface area contributed by atoms with Crippen LogP contribution in [0.5, 0.6) is 0 Å². The Morgan fingerprint density at radius 3 is 2.71 bits per heavy atom. The number of likely N-dealkylation sites (N-methyl/N-ethyl adjacent to an activating group) is 1. The predicted molar refractivity (Wildman–Crippen MR) is 110 cm³/mol. The first-order valence-corrected chi connectivity index (χ1v) is 9.90. The normalized spacial score (nSPS) is 15.8. The van der Waals surface area contributed by atoms with Crippen molar-refractivity contribution in [1.29, 1.82) is 0 Å². The smallest absolute Gasteiger partial charge is 0.246 e. The lowest BCUT2D eigenvalue weighted by Crippen LogP contribution is -2.39. The third-order valence-electron chi connectivity index (χ3n) is 5.35. The van der Waals surface area contributed by atoms with Gasteiger partial charge in [0.05, 0.1) is 0 Å². The second-order valence-corrected chi connectivity index (χ2v) is 7.50. The summed E-state index contributed by atoms with van der Waals surface area (Å²) in [6, 6.07) is 10.6. The van der Waals surface area contributed by atoms with E-state index >= 15 is 0 Å². The summed E-state index contributed by atoms with van der Waals surface area (Å²) in [6.07, 6.45) is 9.95. The van der Waals surface area contributed by atoms with E-state index in [-0.39, 0.29) is 11.7 Å². The van der Waals surface area contributed by atoms with Crippen LogP contribution in [0, 0.1) is 11.7 Å². The molecule has 5 heteroatoms. The van der Waals surface area contributed by atoms with Crippen molar-refractivity contribution in [3.63, 3.8) is 0 Å². The van der Waals surface area contributed by atoms with E-state index < -0.39 is 0 Å². The molecule has 0 radical (unpaired) electrons. The zero-order valence-corrected chi connectivity index (χ0v) is 16.4. The van der Waals surface area contributed by atoms with Crippen molar-refractivity contribution < 1.29 is 9.18 Å². The van der Waals surface area contributed by atoms with Crippen LogP contribution in [-0.2, 0) is 11.2 Å². The number of pyridine rings is 1. The number of hydrogen-bond acceptors (Lipinski definition) is 3. The highest BCUT2D eigenvalue weighted by Crippen LogP contribution is 2.19. The summed E-state index contributed by atoms with van der Waals surface area (Å²) in [4.78, 5) is 20.5. The van der Waals surface area contributed by atoms with Crippen molar-refractivity contribution in [2.24, 2.45) is 5.92 Å². The SMILES string of the molecule is CN(CC1CCN(CCc2cccc(F)c2)CC1)C(=O)/C=C/c1ccncc1. The summed E-state index contributed by atoms with van der Waals surface area (Å²) in [5.74, 6) is 0.404. The molecule has 1 aromatic heterocycles. The van der Waals surface area contributed by atoms with E-state index in [2.05, 4.69) is 9.88 Å². The van der Waals surface area contributed by atoms with Crippen molar-refractivity contribution in [2.75, 3.05) is 33.2 Å². The van der Waals surface area contributed by atoms with Crippen LogP contribution in [0.15, 0.2) is 54.9 Å². The van der Waals surface area contributed by atoms with Crippen LogP contribution in [0.1, 0.15) is 24.0 Å². The number of benzene rings is 1. The monoisotopic (exact) mass is 381 g/mol. The lowest BCUT2D eigenvalue weighted by Gasteiger charge is -2.33. The van der Waals surface area contributed by atoms with Crippen LogP contribution in [-0.4, -0.2) is 53.9 Å². The average Bonchev–Trinajstić information content (AvgIpc) is 2.72. The van der Waals surface area contributed by atoms with Gasteiger partial charge in [0, 0.05) is 38.6 Å². The molecule has 0 atom stereocenters. The molecule has 1 amide bonds. The number of carbonyl (C=O) groups excluding carboxylic acids is 1. The summed E-state index contributed by atoms with van der Waals surface area (Å²) in [5, 5.41) is 0. The zero-order valence-electron chi connectivity index (χ0n) is 16.4. The maximum absolute atomic E-state index is 13.3. The molecule has 1 aliphatic heterocycles. The van der Waals surface area contributed by atoms with Crippen molar-refractivity contribution >= 4 is 12.0 Å².